The van der Waals surface area contributed by atoms with Gasteiger partial charge in [-0.05, 0) is 18.2 Å². The second-order valence-corrected chi connectivity index (χ2v) is 5.49. The first-order valence-electron chi connectivity index (χ1n) is 7.45. The third-order valence-electron chi connectivity index (χ3n) is 3.88. The van der Waals surface area contributed by atoms with Crippen LogP contribution in [0.25, 0.3) is 0 Å². The number of carbonyl (C=O) groups is 1. The quantitative estimate of drug-likeness (QED) is 0.923. The number of aliphatic hydroxyl groups excluding tert-OH is 1. The number of carbonyl (C=O) groups excluding carboxylic acids is 1. The number of benzene rings is 2. The zero-order valence-electron chi connectivity index (χ0n) is 12.3. The van der Waals surface area contributed by atoms with E-state index in [1.807, 2.05) is 54.6 Å². The van der Waals surface area contributed by atoms with Crippen LogP contribution in [0.3, 0.4) is 0 Å². The fraction of sp³-hybridized carbons (Fsp3) is 0.278. The molecule has 22 heavy (non-hydrogen) atoms. The first-order valence-corrected chi connectivity index (χ1v) is 7.45. The maximum Gasteiger partial charge on any atom is 0.227 e. The van der Waals surface area contributed by atoms with Gasteiger partial charge in [-0.15, -0.1) is 0 Å². The molecule has 114 valence electrons. The van der Waals surface area contributed by atoms with Crippen LogP contribution in [0.15, 0.2) is 54.6 Å². The normalized spacial score (nSPS) is 17.8. The molecule has 1 aliphatic heterocycles. The topological polar surface area (TPSA) is 49.8 Å². The van der Waals surface area contributed by atoms with Crippen LogP contribution in [0, 0.1) is 5.92 Å². The Bertz CT molecular complexity index is 642. The predicted molar refractivity (Wildman–Crippen MR) is 84.8 cm³/mol. The van der Waals surface area contributed by atoms with Crippen molar-refractivity contribution < 1.29 is 14.6 Å². The molecular formula is C18H19NO3. The Morgan fingerprint density at radius 3 is 2.55 bits per heavy atom. The molecule has 0 aliphatic carbocycles. The number of hydrogen-bond donors (Lipinski definition) is 1. The number of rotatable bonds is 5. The molecule has 1 aliphatic rings. The fourth-order valence-electron chi connectivity index (χ4n) is 2.71. The van der Waals surface area contributed by atoms with Crippen LogP contribution >= 0.6 is 0 Å². The van der Waals surface area contributed by atoms with E-state index in [0.29, 0.717) is 19.6 Å². The van der Waals surface area contributed by atoms with E-state index in [0.717, 1.165) is 17.0 Å². The summed E-state index contributed by atoms with van der Waals surface area (Å²) in [6, 6.07) is 17.4. The van der Waals surface area contributed by atoms with Crippen LogP contribution in [0.5, 0.6) is 5.75 Å². The third kappa shape index (κ3) is 3.12. The van der Waals surface area contributed by atoms with Crippen LogP contribution < -0.4 is 9.64 Å². The highest BCUT2D eigenvalue weighted by molar-refractivity contribution is 5.96. The molecule has 0 radical (unpaired) electrons. The van der Waals surface area contributed by atoms with Gasteiger partial charge in [0.05, 0.1) is 5.69 Å². The first kappa shape index (κ1) is 14.6. The minimum Gasteiger partial charge on any atom is -0.489 e. The Hall–Kier alpha value is -2.33. The van der Waals surface area contributed by atoms with Gasteiger partial charge in [0.25, 0.3) is 0 Å². The summed E-state index contributed by atoms with van der Waals surface area (Å²) in [7, 11) is 0. The van der Waals surface area contributed by atoms with E-state index in [9.17, 15) is 9.90 Å². The average Bonchev–Trinajstić information content (AvgIpc) is 2.95. The average molecular weight is 297 g/mol. The summed E-state index contributed by atoms with van der Waals surface area (Å²) >= 11 is 0. The maximum absolute atomic E-state index is 12.1. The Morgan fingerprint density at radius 2 is 1.82 bits per heavy atom. The highest BCUT2D eigenvalue weighted by Crippen LogP contribution is 2.28. The Kier molecular flexibility index (Phi) is 4.39. The lowest BCUT2D eigenvalue weighted by Crippen LogP contribution is -2.26. The van der Waals surface area contributed by atoms with E-state index in [2.05, 4.69) is 0 Å². The molecule has 2 aromatic rings. The predicted octanol–water partition coefficient (Wildman–Crippen LogP) is 2.61. The van der Waals surface area contributed by atoms with Crippen molar-refractivity contribution in [2.45, 2.75) is 13.0 Å². The van der Waals surface area contributed by atoms with Crippen molar-refractivity contribution >= 4 is 11.6 Å². The van der Waals surface area contributed by atoms with Crippen molar-refractivity contribution in [3.05, 3.63) is 60.2 Å². The number of amides is 1. The fourth-order valence-corrected chi connectivity index (χ4v) is 2.71. The van der Waals surface area contributed by atoms with E-state index in [4.69, 9.17) is 4.74 Å². The van der Waals surface area contributed by atoms with Crippen LogP contribution in [0.2, 0.25) is 0 Å². The number of hydrogen-bond acceptors (Lipinski definition) is 3. The Labute approximate surface area is 130 Å². The molecule has 0 aromatic heterocycles. The monoisotopic (exact) mass is 297 g/mol. The van der Waals surface area contributed by atoms with Gasteiger partial charge >= 0.3 is 0 Å². The number of aliphatic hydroxyl groups is 1. The summed E-state index contributed by atoms with van der Waals surface area (Å²) in [5.41, 5.74) is 1.85. The van der Waals surface area contributed by atoms with E-state index in [1.165, 1.54) is 0 Å². The summed E-state index contributed by atoms with van der Waals surface area (Å²) in [6.07, 6.45) is 0.407. The number of anilines is 1. The molecular weight excluding hydrogens is 278 g/mol. The first-order chi connectivity index (χ1) is 10.8. The molecule has 2 aromatic carbocycles. The van der Waals surface area contributed by atoms with Crippen molar-refractivity contribution in [1.29, 1.82) is 0 Å². The molecule has 3 rings (SSSR count). The van der Waals surface area contributed by atoms with E-state index >= 15 is 0 Å². The minimum atomic E-state index is 0.0237. The van der Waals surface area contributed by atoms with E-state index in [1.54, 1.807) is 4.90 Å². The highest BCUT2D eigenvalue weighted by atomic mass is 16.5. The summed E-state index contributed by atoms with van der Waals surface area (Å²) in [5, 5.41) is 9.27. The van der Waals surface area contributed by atoms with Gasteiger partial charge in [-0.1, -0.05) is 36.4 Å². The molecule has 1 amide bonds. The van der Waals surface area contributed by atoms with Gasteiger partial charge in [-0.3, -0.25) is 4.79 Å². The van der Waals surface area contributed by atoms with Crippen molar-refractivity contribution in [3.63, 3.8) is 0 Å². The van der Waals surface area contributed by atoms with Gasteiger partial charge < -0.3 is 14.7 Å². The minimum absolute atomic E-state index is 0.0237. The van der Waals surface area contributed by atoms with Crippen molar-refractivity contribution in [3.8, 4) is 5.75 Å². The molecule has 1 heterocycles. The zero-order chi connectivity index (χ0) is 15.4. The van der Waals surface area contributed by atoms with Gasteiger partial charge in [0.2, 0.25) is 5.91 Å². The summed E-state index contributed by atoms with van der Waals surface area (Å²) in [6.45, 7) is 1.02. The van der Waals surface area contributed by atoms with Gasteiger partial charge in [0, 0.05) is 31.1 Å². The Morgan fingerprint density at radius 1 is 1.09 bits per heavy atom. The van der Waals surface area contributed by atoms with Crippen molar-refractivity contribution in [1.82, 2.24) is 0 Å². The summed E-state index contributed by atoms with van der Waals surface area (Å²) < 4.78 is 5.79. The number of nitrogens with zero attached hydrogens (tertiary/aromatic N) is 1. The van der Waals surface area contributed by atoms with Crippen LogP contribution in [-0.2, 0) is 11.4 Å². The molecule has 4 heteroatoms. The molecule has 0 saturated carbocycles. The number of para-hydroxylation sites is 2. The SMILES string of the molecule is O=C1CC(CO)CN1c1ccccc1COc1ccccc1. The molecule has 1 saturated heterocycles. The van der Waals surface area contributed by atoms with Gasteiger partial charge in [-0.25, -0.2) is 0 Å². The zero-order valence-corrected chi connectivity index (χ0v) is 12.3. The largest absolute Gasteiger partial charge is 0.489 e. The lowest BCUT2D eigenvalue weighted by atomic mass is 10.1. The highest BCUT2D eigenvalue weighted by Gasteiger charge is 2.31. The van der Waals surface area contributed by atoms with Gasteiger partial charge in [0.1, 0.15) is 12.4 Å². The van der Waals surface area contributed by atoms with Crippen LogP contribution in [0.4, 0.5) is 5.69 Å². The molecule has 1 fully saturated rings. The Balaban J connectivity index is 1.77. The van der Waals surface area contributed by atoms with Gasteiger partial charge in [-0.2, -0.15) is 0 Å². The molecule has 1 unspecified atom stereocenters. The maximum atomic E-state index is 12.1. The van der Waals surface area contributed by atoms with Crippen LogP contribution in [0.1, 0.15) is 12.0 Å². The van der Waals surface area contributed by atoms with E-state index < -0.39 is 0 Å². The van der Waals surface area contributed by atoms with Crippen molar-refractivity contribution in [2.24, 2.45) is 5.92 Å². The lowest BCUT2D eigenvalue weighted by molar-refractivity contribution is -0.117. The molecule has 0 bridgehead atoms. The summed E-state index contributed by atoms with van der Waals surface area (Å²) in [4.78, 5) is 13.9. The smallest absolute Gasteiger partial charge is 0.227 e. The standard InChI is InChI=1S/C18H19NO3/c20-12-14-10-18(21)19(11-14)17-9-5-4-6-15(17)13-22-16-7-2-1-3-8-16/h1-9,14,20H,10-13H2. The second-order valence-electron chi connectivity index (χ2n) is 5.49. The summed E-state index contributed by atoms with van der Waals surface area (Å²) in [5.74, 6) is 0.889. The van der Waals surface area contributed by atoms with Crippen molar-refractivity contribution in [2.75, 3.05) is 18.1 Å². The molecule has 0 spiro atoms. The number of ether oxygens (including phenoxy) is 1. The molecule has 1 N–H and O–H groups in total. The van der Waals surface area contributed by atoms with Crippen LogP contribution in [-0.4, -0.2) is 24.2 Å². The van der Waals surface area contributed by atoms with Gasteiger partial charge in [0.15, 0.2) is 0 Å². The third-order valence-corrected chi connectivity index (χ3v) is 3.88. The lowest BCUT2D eigenvalue weighted by Gasteiger charge is -2.20. The molecule has 1 atom stereocenters. The second kappa shape index (κ2) is 6.62. The molecule has 4 nitrogen and oxygen atoms in total. The van der Waals surface area contributed by atoms with E-state index in [-0.39, 0.29) is 18.4 Å².